The molecule has 4 aromatic rings. The van der Waals surface area contributed by atoms with Crippen molar-refractivity contribution < 1.29 is 13.7 Å². The Morgan fingerprint density at radius 1 is 0.966 bits per heavy atom. The monoisotopic (exact) mass is 387 g/mol. The number of aromatic nitrogens is 1. The van der Waals surface area contributed by atoms with Crippen LogP contribution in [0.1, 0.15) is 33.8 Å². The number of benzene rings is 2. The molecule has 6 nitrogen and oxygen atoms in total. The molecular weight excluding hydrogens is 366 g/mol. The van der Waals surface area contributed by atoms with E-state index in [1.54, 1.807) is 12.1 Å². The third-order valence-corrected chi connectivity index (χ3v) is 4.82. The quantitative estimate of drug-likeness (QED) is 0.488. The van der Waals surface area contributed by atoms with Crippen LogP contribution in [-0.4, -0.2) is 17.6 Å². The zero-order valence-electron chi connectivity index (χ0n) is 15.7. The number of amides is 1. The number of anilines is 1. The van der Waals surface area contributed by atoms with Crippen LogP contribution in [0.25, 0.3) is 11.5 Å². The summed E-state index contributed by atoms with van der Waals surface area (Å²) in [5.74, 6) is 0.232. The number of nitrogens with two attached hydrogens (primary N) is 1. The minimum atomic E-state index is -0.338. The molecule has 0 bridgehead atoms. The van der Waals surface area contributed by atoms with E-state index in [1.165, 1.54) is 17.4 Å². The molecular formula is C23H21N3O3. The predicted molar refractivity (Wildman–Crippen MR) is 110 cm³/mol. The third-order valence-electron chi connectivity index (χ3n) is 4.82. The maximum absolute atomic E-state index is 12.8. The SMILES string of the molecule is Nc1onc(-c2ccco2)c1C(=O)NCCC(c1ccccc1)c1ccccc1. The summed E-state index contributed by atoms with van der Waals surface area (Å²) < 4.78 is 10.3. The zero-order valence-corrected chi connectivity index (χ0v) is 15.7. The van der Waals surface area contributed by atoms with Crippen molar-refractivity contribution in [3.63, 3.8) is 0 Å². The first-order valence-corrected chi connectivity index (χ1v) is 9.41. The first-order chi connectivity index (χ1) is 14.2. The highest BCUT2D eigenvalue weighted by molar-refractivity contribution is 6.03. The molecule has 0 saturated heterocycles. The van der Waals surface area contributed by atoms with E-state index in [4.69, 9.17) is 14.7 Å². The molecule has 0 saturated carbocycles. The summed E-state index contributed by atoms with van der Waals surface area (Å²) in [6, 6.07) is 23.9. The van der Waals surface area contributed by atoms with Crippen LogP contribution in [0.5, 0.6) is 0 Å². The second-order valence-electron chi connectivity index (χ2n) is 6.67. The van der Waals surface area contributed by atoms with E-state index in [9.17, 15) is 4.79 Å². The van der Waals surface area contributed by atoms with Crippen LogP contribution >= 0.6 is 0 Å². The average Bonchev–Trinajstić information content (AvgIpc) is 3.42. The molecule has 2 aromatic heterocycles. The summed E-state index contributed by atoms with van der Waals surface area (Å²) in [6.45, 7) is 0.468. The Balaban J connectivity index is 1.49. The number of carbonyl (C=O) groups is 1. The number of hydrogen-bond donors (Lipinski definition) is 2. The Bertz CT molecular complexity index is 1020. The van der Waals surface area contributed by atoms with Gasteiger partial charge in [0.25, 0.3) is 5.91 Å². The number of nitrogens with zero attached hydrogens (tertiary/aromatic N) is 1. The fourth-order valence-electron chi connectivity index (χ4n) is 3.42. The Labute approximate surface area is 168 Å². The van der Waals surface area contributed by atoms with Crippen LogP contribution in [0.3, 0.4) is 0 Å². The molecule has 0 radical (unpaired) electrons. The van der Waals surface area contributed by atoms with E-state index in [0.717, 1.165) is 6.42 Å². The maximum Gasteiger partial charge on any atom is 0.259 e. The van der Waals surface area contributed by atoms with E-state index in [-0.39, 0.29) is 23.3 Å². The lowest BCUT2D eigenvalue weighted by Crippen LogP contribution is -2.26. The fourth-order valence-corrected chi connectivity index (χ4v) is 3.42. The topological polar surface area (TPSA) is 94.3 Å². The van der Waals surface area contributed by atoms with Gasteiger partial charge in [-0.15, -0.1) is 0 Å². The molecule has 0 atom stereocenters. The van der Waals surface area contributed by atoms with Gasteiger partial charge in [0.1, 0.15) is 5.56 Å². The van der Waals surface area contributed by atoms with Gasteiger partial charge in [-0.1, -0.05) is 65.8 Å². The van der Waals surface area contributed by atoms with Gasteiger partial charge >= 0.3 is 0 Å². The zero-order chi connectivity index (χ0) is 20.1. The highest BCUT2D eigenvalue weighted by atomic mass is 16.5. The lowest BCUT2D eigenvalue weighted by atomic mass is 9.88. The molecule has 1 amide bonds. The molecule has 2 heterocycles. The number of nitrogen functional groups attached to an aromatic ring is 1. The molecule has 2 aromatic carbocycles. The highest BCUT2D eigenvalue weighted by Crippen LogP contribution is 2.29. The average molecular weight is 387 g/mol. The molecule has 0 unspecified atom stereocenters. The summed E-state index contributed by atoms with van der Waals surface area (Å²) >= 11 is 0. The molecule has 4 rings (SSSR count). The molecule has 0 spiro atoms. The van der Waals surface area contributed by atoms with E-state index in [2.05, 4.69) is 34.7 Å². The van der Waals surface area contributed by atoms with E-state index in [1.807, 2.05) is 36.4 Å². The van der Waals surface area contributed by atoms with Crippen molar-refractivity contribution >= 4 is 11.8 Å². The summed E-state index contributed by atoms with van der Waals surface area (Å²) in [5, 5.41) is 6.80. The Morgan fingerprint density at radius 2 is 1.62 bits per heavy atom. The van der Waals surface area contributed by atoms with Crippen molar-refractivity contribution in [3.8, 4) is 11.5 Å². The van der Waals surface area contributed by atoms with Gasteiger partial charge in [-0.05, 0) is 29.7 Å². The van der Waals surface area contributed by atoms with Crippen LogP contribution in [0.4, 0.5) is 5.88 Å². The first kappa shape index (κ1) is 18.6. The minimum absolute atomic E-state index is 0.0310. The minimum Gasteiger partial charge on any atom is -0.463 e. The van der Waals surface area contributed by atoms with Gasteiger partial charge in [0.15, 0.2) is 11.5 Å². The Morgan fingerprint density at radius 3 is 2.21 bits per heavy atom. The Hall–Kier alpha value is -3.80. The second-order valence-corrected chi connectivity index (χ2v) is 6.67. The van der Waals surface area contributed by atoms with Crippen molar-refractivity contribution in [1.82, 2.24) is 10.5 Å². The number of carbonyl (C=O) groups excluding carboxylic acids is 1. The summed E-state index contributed by atoms with van der Waals surface area (Å²) in [4.78, 5) is 12.8. The highest BCUT2D eigenvalue weighted by Gasteiger charge is 2.24. The standard InChI is InChI=1S/C23H21N3O3/c24-22-20(21(26-29-22)19-12-7-15-28-19)23(27)25-14-13-18(16-8-3-1-4-9-16)17-10-5-2-6-11-17/h1-12,15,18H,13-14,24H2,(H,25,27). The van der Waals surface area contributed by atoms with Gasteiger partial charge in [-0.3, -0.25) is 4.79 Å². The number of rotatable bonds is 7. The summed E-state index contributed by atoms with van der Waals surface area (Å²) in [6.07, 6.45) is 2.24. The molecule has 0 aliphatic carbocycles. The third kappa shape index (κ3) is 4.06. The van der Waals surface area contributed by atoms with Gasteiger partial charge in [-0.2, -0.15) is 0 Å². The maximum atomic E-state index is 12.8. The molecule has 0 aliphatic heterocycles. The summed E-state index contributed by atoms with van der Waals surface area (Å²) in [7, 11) is 0. The fraction of sp³-hybridized carbons (Fsp3) is 0.130. The normalized spacial score (nSPS) is 10.9. The van der Waals surface area contributed by atoms with Crippen molar-refractivity contribution in [1.29, 1.82) is 0 Å². The molecule has 0 fully saturated rings. The van der Waals surface area contributed by atoms with Gasteiger partial charge in [0, 0.05) is 12.5 Å². The van der Waals surface area contributed by atoms with E-state index in [0.29, 0.717) is 18.0 Å². The van der Waals surface area contributed by atoms with Crippen molar-refractivity contribution in [2.24, 2.45) is 0 Å². The van der Waals surface area contributed by atoms with Crippen molar-refractivity contribution in [2.45, 2.75) is 12.3 Å². The van der Waals surface area contributed by atoms with Crippen molar-refractivity contribution in [3.05, 3.63) is 95.7 Å². The van der Waals surface area contributed by atoms with Gasteiger partial charge in [0.2, 0.25) is 5.88 Å². The van der Waals surface area contributed by atoms with Crippen LogP contribution in [0.15, 0.2) is 88.0 Å². The van der Waals surface area contributed by atoms with Crippen LogP contribution < -0.4 is 11.1 Å². The predicted octanol–water partition coefficient (Wildman–Crippen LogP) is 4.47. The number of hydrogen-bond acceptors (Lipinski definition) is 5. The molecule has 3 N–H and O–H groups in total. The second kappa shape index (κ2) is 8.48. The van der Waals surface area contributed by atoms with Gasteiger partial charge in [-0.25, -0.2) is 0 Å². The Kier molecular flexibility index (Phi) is 5.42. The smallest absolute Gasteiger partial charge is 0.259 e. The summed E-state index contributed by atoms with van der Waals surface area (Å²) in [5.41, 5.74) is 8.72. The molecule has 29 heavy (non-hydrogen) atoms. The van der Waals surface area contributed by atoms with Crippen LogP contribution in [0.2, 0.25) is 0 Å². The molecule has 146 valence electrons. The van der Waals surface area contributed by atoms with E-state index >= 15 is 0 Å². The first-order valence-electron chi connectivity index (χ1n) is 9.41. The van der Waals surface area contributed by atoms with Gasteiger partial charge in [0.05, 0.1) is 6.26 Å². The number of nitrogens with one attached hydrogen (secondary N) is 1. The largest absolute Gasteiger partial charge is 0.463 e. The van der Waals surface area contributed by atoms with Crippen molar-refractivity contribution in [2.75, 3.05) is 12.3 Å². The van der Waals surface area contributed by atoms with Crippen LogP contribution in [0, 0.1) is 0 Å². The number of furan rings is 1. The lowest BCUT2D eigenvalue weighted by Gasteiger charge is -2.18. The molecule has 6 heteroatoms. The van der Waals surface area contributed by atoms with E-state index < -0.39 is 0 Å². The van der Waals surface area contributed by atoms with Crippen LogP contribution in [-0.2, 0) is 0 Å². The lowest BCUT2D eigenvalue weighted by molar-refractivity contribution is 0.0953. The van der Waals surface area contributed by atoms with Gasteiger partial charge < -0.3 is 20.0 Å². The molecule has 0 aliphatic rings.